The van der Waals surface area contributed by atoms with E-state index in [9.17, 15) is 4.79 Å². The summed E-state index contributed by atoms with van der Waals surface area (Å²) in [5, 5.41) is 0. The molecule has 19 heavy (non-hydrogen) atoms. The highest BCUT2D eigenvalue weighted by atomic mass is 16.1. The van der Waals surface area contributed by atoms with Gasteiger partial charge in [0.05, 0.1) is 0 Å². The van der Waals surface area contributed by atoms with Gasteiger partial charge in [-0.15, -0.1) is 0 Å². The van der Waals surface area contributed by atoms with Crippen molar-refractivity contribution in [2.75, 3.05) is 0 Å². The van der Waals surface area contributed by atoms with Gasteiger partial charge in [0.1, 0.15) is 6.29 Å². The van der Waals surface area contributed by atoms with E-state index in [-0.39, 0.29) is 0 Å². The molecular formula is C18H32O. The maximum absolute atomic E-state index is 10.1. The Hall–Kier alpha value is -0.850. The van der Waals surface area contributed by atoms with Crippen molar-refractivity contribution in [2.24, 2.45) is 0 Å². The van der Waals surface area contributed by atoms with Gasteiger partial charge in [0.25, 0.3) is 0 Å². The standard InChI is InChI=1S/C18H32O/c1-2-3-4-5-6-7-8-9-10-11-12-13-14-15-16-17-18-19/h6-9,18H,2-5,10-17H2,1H3/b7-6+,9-8+. The number of carbonyl (C=O) groups is 1. The molecule has 0 atom stereocenters. The lowest BCUT2D eigenvalue weighted by Gasteiger charge is -1.98. The first kappa shape index (κ1) is 18.1. The fourth-order valence-electron chi connectivity index (χ4n) is 2.06. The fraction of sp³-hybridized carbons (Fsp3) is 0.722. The van der Waals surface area contributed by atoms with Gasteiger partial charge in [0.15, 0.2) is 0 Å². The van der Waals surface area contributed by atoms with Crippen molar-refractivity contribution in [3.8, 4) is 0 Å². The van der Waals surface area contributed by atoms with Gasteiger partial charge in [0.2, 0.25) is 0 Å². The molecule has 1 nitrogen and oxygen atoms in total. The zero-order valence-electron chi connectivity index (χ0n) is 12.8. The van der Waals surface area contributed by atoms with Crippen molar-refractivity contribution in [3.05, 3.63) is 24.3 Å². The summed E-state index contributed by atoms with van der Waals surface area (Å²) in [6.45, 7) is 2.24. The highest BCUT2D eigenvalue weighted by molar-refractivity contribution is 5.48. The van der Waals surface area contributed by atoms with E-state index in [1.54, 1.807) is 0 Å². The highest BCUT2D eigenvalue weighted by Gasteiger charge is 1.90. The predicted octanol–water partition coefficient (Wildman–Crippen LogP) is 6.00. The predicted molar refractivity (Wildman–Crippen MR) is 85.4 cm³/mol. The Labute approximate surface area is 120 Å². The van der Waals surface area contributed by atoms with Crippen molar-refractivity contribution in [1.29, 1.82) is 0 Å². The highest BCUT2D eigenvalue weighted by Crippen LogP contribution is 2.08. The largest absolute Gasteiger partial charge is 0.303 e. The van der Waals surface area contributed by atoms with Crippen molar-refractivity contribution >= 4 is 6.29 Å². The molecule has 0 fully saturated rings. The summed E-state index contributed by atoms with van der Waals surface area (Å²) < 4.78 is 0. The maximum Gasteiger partial charge on any atom is 0.119 e. The molecule has 0 radical (unpaired) electrons. The Kier molecular flexibility index (Phi) is 16.4. The van der Waals surface area contributed by atoms with Crippen molar-refractivity contribution < 1.29 is 4.79 Å². The molecule has 0 unspecified atom stereocenters. The van der Waals surface area contributed by atoms with Gasteiger partial charge >= 0.3 is 0 Å². The molecule has 0 aromatic rings. The summed E-state index contributed by atoms with van der Waals surface area (Å²) in [7, 11) is 0. The first-order chi connectivity index (χ1) is 9.41. The lowest BCUT2D eigenvalue weighted by molar-refractivity contribution is -0.107. The zero-order valence-corrected chi connectivity index (χ0v) is 12.8. The van der Waals surface area contributed by atoms with E-state index >= 15 is 0 Å². The molecule has 0 aromatic heterocycles. The molecule has 0 rings (SSSR count). The SMILES string of the molecule is CCCCC/C=C/C=C/CCCCCCCCC=O. The summed E-state index contributed by atoms with van der Waals surface area (Å²) in [4.78, 5) is 10.1. The molecule has 0 amide bonds. The number of allylic oxidation sites excluding steroid dienone is 4. The molecule has 0 spiro atoms. The van der Waals surface area contributed by atoms with Gasteiger partial charge in [-0.1, -0.05) is 69.8 Å². The van der Waals surface area contributed by atoms with Crippen LogP contribution in [0.1, 0.15) is 84.0 Å². The topological polar surface area (TPSA) is 17.1 Å². The summed E-state index contributed by atoms with van der Waals surface area (Å²) >= 11 is 0. The number of rotatable bonds is 14. The average molecular weight is 264 g/mol. The first-order valence-electron chi connectivity index (χ1n) is 8.17. The fourth-order valence-corrected chi connectivity index (χ4v) is 2.06. The van der Waals surface area contributed by atoms with Crippen LogP contribution in [0.3, 0.4) is 0 Å². The van der Waals surface area contributed by atoms with Crippen LogP contribution in [0.5, 0.6) is 0 Å². The van der Waals surface area contributed by atoms with Gasteiger partial charge < -0.3 is 4.79 Å². The number of unbranched alkanes of at least 4 members (excludes halogenated alkanes) is 10. The molecule has 0 saturated heterocycles. The van der Waals surface area contributed by atoms with Crippen molar-refractivity contribution in [3.63, 3.8) is 0 Å². The smallest absolute Gasteiger partial charge is 0.119 e. The average Bonchev–Trinajstić information content (AvgIpc) is 2.43. The molecule has 0 bridgehead atoms. The summed E-state index contributed by atoms with van der Waals surface area (Å²) in [6.07, 6.45) is 24.6. The number of aldehydes is 1. The molecule has 0 aromatic carbocycles. The second kappa shape index (κ2) is 17.2. The second-order valence-electron chi connectivity index (χ2n) is 5.22. The van der Waals surface area contributed by atoms with Crippen LogP contribution in [0.25, 0.3) is 0 Å². The van der Waals surface area contributed by atoms with Crippen LogP contribution >= 0.6 is 0 Å². The summed E-state index contributed by atoms with van der Waals surface area (Å²) in [5.74, 6) is 0. The third-order valence-electron chi connectivity index (χ3n) is 3.30. The molecule has 1 heteroatoms. The first-order valence-corrected chi connectivity index (χ1v) is 8.17. The quantitative estimate of drug-likeness (QED) is 0.214. The van der Waals surface area contributed by atoms with Crippen LogP contribution in [0.2, 0.25) is 0 Å². The van der Waals surface area contributed by atoms with Crippen LogP contribution in [0, 0.1) is 0 Å². The van der Waals surface area contributed by atoms with Crippen LogP contribution in [-0.2, 0) is 4.79 Å². The molecule has 110 valence electrons. The molecule has 0 aliphatic heterocycles. The van der Waals surface area contributed by atoms with E-state index < -0.39 is 0 Å². The van der Waals surface area contributed by atoms with Gasteiger partial charge in [-0.2, -0.15) is 0 Å². The minimum atomic E-state index is 0.743. The molecule has 0 heterocycles. The van der Waals surface area contributed by atoms with E-state index in [1.165, 1.54) is 64.2 Å². The maximum atomic E-state index is 10.1. The summed E-state index contributed by atoms with van der Waals surface area (Å²) in [5.41, 5.74) is 0. The van der Waals surface area contributed by atoms with E-state index in [4.69, 9.17) is 0 Å². The third kappa shape index (κ3) is 17.1. The second-order valence-corrected chi connectivity index (χ2v) is 5.22. The Morgan fingerprint density at radius 3 is 1.63 bits per heavy atom. The number of carbonyl (C=O) groups excluding carboxylic acids is 1. The number of hydrogen-bond donors (Lipinski definition) is 0. The monoisotopic (exact) mass is 264 g/mol. The molecule has 0 aliphatic rings. The Bertz CT molecular complexity index is 228. The van der Waals surface area contributed by atoms with Crippen LogP contribution < -0.4 is 0 Å². The number of hydrogen-bond acceptors (Lipinski definition) is 1. The van der Waals surface area contributed by atoms with Gasteiger partial charge in [-0.3, -0.25) is 0 Å². The lowest BCUT2D eigenvalue weighted by Crippen LogP contribution is -1.80. The van der Waals surface area contributed by atoms with Crippen molar-refractivity contribution in [2.45, 2.75) is 84.0 Å². The van der Waals surface area contributed by atoms with Gasteiger partial charge in [0, 0.05) is 6.42 Å². The zero-order chi connectivity index (χ0) is 14.0. The van der Waals surface area contributed by atoms with E-state index in [2.05, 4.69) is 31.2 Å². The van der Waals surface area contributed by atoms with E-state index in [0.717, 1.165) is 19.1 Å². The van der Waals surface area contributed by atoms with Crippen LogP contribution in [0.15, 0.2) is 24.3 Å². The Morgan fingerprint density at radius 1 is 0.632 bits per heavy atom. The normalized spacial score (nSPS) is 11.6. The minimum absolute atomic E-state index is 0.743. The van der Waals surface area contributed by atoms with E-state index in [1.807, 2.05) is 0 Å². The van der Waals surface area contributed by atoms with Crippen LogP contribution in [0.4, 0.5) is 0 Å². The molecule has 0 saturated carbocycles. The third-order valence-corrected chi connectivity index (χ3v) is 3.30. The lowest BCUT2D eigenvalue weighted by atomic mass is 10.1. The van der Waals surface area contributed by atoms with Crippen LogP contribution in [-0.4, -0.2) is 6.29 Å². The van der Waals surface area contributed by atoms with E-state index in [0.29, 0.717) is 0 Å². The molecule has 0 aliphatic carbocycles. The van der Waals surface area contributed by atoms with Crippen molar-refractivity contribution in [1.82, 2.24) is 0 Å². The Morgan fingerprint density at radius 2 is 1.11 bits per heavy atom. The molecular weight excluding hydrogens is 232 g/mol. The molecule has 0 N–H and O–H groups in total. The van der Waals surface area contributed by atoms with Gasteiger partial charge in [-0.05, 0) is 32.1 Å². The van der Waals surface area contributed by atoms with Gasteiger partial charge in [-0.25, -0.2) is 0 Å². The Balaban J connectivity index is 3.14. The summed E-state index contributed by atoms with van der Waals surface area (Å²) in [6, 6.07) is 0. The minimum Gasteiger partial charge on any atom is -0.303 e.